The van der Waals surface area contributed by atoms with Crippen molar-refractivity contribution in [3.8, 4) is 17.1 Å². The van der Waals surface area contributed by atoms with Crippen molar-refractivity contribution in [2.75, 3.05) is 12.3 Å². The Balaban J connectivity index is 1.81. The van der Waals surface area contributed by atoms with E-state index in [1.165, 1.54) is 6.33 Å². The lowest BCUT2D eigenvalue weighted by Crippen LogP contribution is -2.06. The smallest absolute Gasteiger partial charge is 0.232 e. The van der Waals surface area contributed by atoms with Crippen LogP contribution < -0.4 is 10.5 Å². The molecule has 0 saturated heterocycles. The summed E-state index contributed by atoms with van der Waals surface area (Å²) in [6.45, 7) is 4.67. The highest BCUT2D eigenvalue weighted by atomic mass is 35.5. The van der Waals surface area contributed by atoms with E-state index in [1.54, 1.807) is 12.3 Å². The number of nitrogens with two attached hydrogens (primary N) is 1. The SMILES string of the molecule is CC(C)COc1ncc(-c2ncnc3cc4c(N)noc4cc23)cc1Cl. The van der Waals surface area contributed by atoms with Crippen LogP contribution in [-0.4, -0.2) is 26.7 Å². The lowest BCUT2D eigenvalue weighted by atomic mass is 10.1. The molecule has 0 aliphatic rings. The molecule has 0 fully saturated rings. The van der Waals surface area contributed by atoms with E-state index in [2.05, 4.69) is 34.0 Å². The molecule has 0 aliphatic carbocycles. The first-order valence-corrected chi connectivity index (χ1v) is 8.49. The number of pyridine rings is 1. The van der Waals surface area contributed by atoms with Crippen LogP contribution in [0, 0.1) is 5.92 Å². The Labute approximate surface area is 154 Å². The molecule has 3 heterocycles. The standard InChI is InChI=1S/C18H16ClN5O2/c1-9(2)7-25-18-13(19)3-10(6-21-18)16-11-5-15-12(17(20)24-26-15)4-14(11)22-8-23-16/h3-6,8-9H,7H2,1-2H3,(H2,20,24). The summed E-state index contributed by atoms with van der Waals surface area (Å²) >= 11 is 6.34. The molecule has 132 valence electrons. The second-order valence-electron chi connectivity index (χ2n) is 6.37. The molecule has 26 heavy (non-hydrogen) atoms. The van der Waals surface area contributed by atoms with Crippen LogP contribution in [0.25, 0.3) is 33.1 Å². The maximum atomic E-state index is 6.34. The Morgan fingerprint density at radius 3 is 2.77 bits per heavy atom. The topological polar surface area (TPSA) is 100.0 Å². The van der Waals surface area contributed by atoms with Crippen molar-refractivity contribution in [2.24, 2.45) is 5.92 Å². The lowest BCUT2D eigenvalue weighted by Gasteiger charge is -2.10. The average Bonchev–Trinajstić information content (AvgIpc) is 2.98. The van der Waals surface area contributed by atoms with E-state index in [0.717, 1.165) is 21.9 Å². The maximum absolute atomic E-state index is 6.34. The van der Waals surface area contributed by atoms with Crippen molar-refractivity contribution in [2.45, 2.75) is 13.8 Å². The van der Waals surface area contributed by atoms with E-state index in [4.69, 9.17) is 26.6 Å². The number of ether oxygens (including phenoxy) is 1. The Morgan fingerprint density at radius 2 is 2.00 bits per heavy atom. The molecule has 2 N–H and O–H groups in total. The molecule has 0 atom stereocenters. The minimum absolute atomic E-state index is 0.332. The number of rotatable bonds is 4. The van der Waals surface area contributed by atoms with Gasteiger partial charge in [-0.2, -0.15) is 0 Å². The van der Waals surface area contributed by atoms with Gasteiger partial charge in [0.15, 0.2) is 11.4 Å². The molecular weight excluding hydrogens is 354 g/mol. The van der Waals surface area contributed by atoms with E-state index in [9.17, 15) is 0 Å². The van der Waals surface area contributed by atoms with Gasteiger partial charge in [0, 0.05) is 17.1 Å². The summed E-state index contributed by atoms with van der Waals surface area (Å²) in [6.07, 6.45) is 3.17. The third kappa shape index (κ3) is 2.90. The number of halogens is 1. The molecule has 4 rings (SSSR count). The monoisotopic (exact) mass is 369 g/mol. The molecule has 0 spiro atoms. The van der Waals surface area contributed by atoms with Crippen molar-refractivity contribution in [3.05, 3.63) is 35.7 Å². The molecule has 8 heteroatoms. The molecule has 0 saturated carbocycles. The predicted octanol–water partition coefficient (Wildman–Crippen LogP) is 4.10. The number of hydrogen-bond acceptors (Lipinski definition) is 7. The fraction of sp³-hybridized carbons (Fsp3) is 0.222. The summed E-state index contributed by atoms with van der Waals surface area (Å²) in [6, 6.07) is 5.43. The minimum atomic E-state index is 0.332. The van der Waals surface area contributed by atoms with Crippen molar-refractivity contribution >= 4 is 39.3 Å². The van der Waals surface area contributed by atoms with Gasteiger partial charge in [0.2, 0.25) is 5.88 Å². The minimum Gasteiger partial charge on any atom is -0.476 e. The third-order valence-electron chi connectivity index (χ3n) is 3.89. The molecular formula is C18H16ClN5O2. The maximum Gasteiger partial charge on any atom is 0.232 e. The quantitative estimate of drug-likeness (QED) is 0.577. The Morgan fingerprint density at radius 1 is 1.15 bits per heavy atom. The van der Waals surface area contributed by atoms with Crippen LogP contribution in [0.4, 0.5) is 5.82 Å². The van der Waals surface area contributed by atoms with Crippen LogP contribution in [0.15, 0.2) is 35.2 Å². The summed E-state index contributed by atoms with van der Waals surface area (Å²) in [7, 11) is 0. The van der Waals surface area contributed by atoms with Crippen LogP contribution >= 0.6 is 11.6 Å². The van der Waals surface area contributed by atoms with Crippen LogP contribution in [0.1, 0.15) is 13.8 Å². The van der Waals surface area contributed by atoms with Crippen molar-refractivity contribution in [1.29, 1.82) is 0 Å². The molecule has 7 nitrogen and oxygen atoms in total. The predicted molar refractivity (Wildman–Crippen MR) is 100 cm³/mol. The van der Waals surface area contributed by atoms with Crippen LogP contribution in [0.2, 0.25) is 5.02 Å². The lowest BCUT2D eigenvalue weighted by molar-refractivity contribution is 0.261. The van der Waals surface area contributed by atoms with Crippen LogP contribution in [0.3, 0.4) is 0 Å². The molecule has 3 aromatic heterocycles. The van der Waals surface area contributed by atoms with Gasteiger partial charge < -0.3 is 15.0 Å². The Hall–Kier alpha value is -2.93. The largest absolute Gasteiger partial charge is 0.476 e. The molecule has 0 bridgehead atoms. The second-order valence-corrected chi connectivity index (χ2v) is 6.78. The second kappa shape index (κ2) is 6.42. The summed E-state index contributed by atoms with van der Waals surface area (Å²) < 4.78 is 10.9. The van der Waals surface area contributed by atoms with Crippen LogP contribution in [0.5, 0.6) is 5.88 Å². The highest BCUT2D eigenvalue weighted by Crippen LogP contribution is 2.33. The highest BCUT2D eigenvalue weighted by Gasteiger charge is 2.14. The zero-order valence-corrected chi connectivity index (χ0v) is 15.0. The van der Waals surface area contributed by atoms with Crippen molar-refractivity contribution < 1.29 is 9.26 Å². The molecule has 4 aromatic rings. The van der Waals surface area contributed by atoms with Gasteiger partial charge in [-0.15, -0.1) is 0 Å². The highest BCUT2D eigenvalue weighted by molar-refractivity contribution is 6.32. The van der Waals surface area contributed by atoms with E-state index in [1.807, 2.05) is 12.1 Å². The fourth-order valence-corrected chi connectivity index (χ4v) is 2.86. The normalized spacial score (nSPS) is 11.5. The average molecular weight is 370 g/mol. The van der Waals surface area contributed by atoms with Gasteiger partial charge in [-0.05, 0) is 24.1 Å². The zero-order valence-electron chi connectivity index (χ0n) is 14.2. The van der Waals surface area contributed by atoms with Gasteiger partial charge in [-0.25, -0.2) is 15.0 Å². The van der Waals surface area contributed by atoms with Gasteiger partial charge in [-0.1, -0.05) is 30.6 Å². The van der Waals surface area contributed by atoms with E-state index < -0.39 is 0 Å². The number of benzene rings is 1. The van der Waals surface area contributed by atoms with Gasteiger partial charge in [0.05, 0.1) is 23.2 Å². The fourth-order valence-electron chi connectivity index (χ4n) is 2.64. The molecule has 0 amide bonds. The summed E-state index contributed by atoms with van der Waals surface area (Å²) in [5.41, 5.74) is 8.56. The number of nitrogens with zero attached hydrogens (tertiary/aromatic N) is 4. The van der Waals surface area contributed by atoms with Crippen molar-refractivity contribution in [1.82, 2.24) is 20.1 Å². The first-order valence-electron chi connectivity index (χ1n) is 8.11. The van der Waals surface area contributed by atoms with Gasteiger partial charge in [-0.3, -0.25) is 0 Å². The van der Waals surface area contributed by atoms with E-state index >= 15 is 0 Å². The summed E-state index contributed by atoms with van der Waals surface area (Å²) in [4.78, 5) is 13.0. The third-order valence-corrected chi connectivity index (χ3v) is 4.16. The van der Waals surface area contributed by atoms with Gasteiger partial charge >= 0.3 is 0 Å². The zero-order chi connectivity index (χ0) is 18.3. The Bertz CT molecular complexity index is 1110. The summed E-state index contributed by atoms with van der Waals surface area (Å²) in [5.74, 6) is 1.13. The van der Waals surface area contributed by atoms with Crippen LogP contribution in [-0.2, 0) is 0 Å². The number of hydrogen-bond donors (Lipinski definition) is 1. The van der Waals surface area contributed by atoms with Gasteiger partial charge in [0.1, 0.15) is 11.3 Å². The molecule has 0 aliphatic heterocycles. The first kappa shape index (κ1) is 16.5. The molecule has 1 aromatic carbocycles. The number of fused-ring (bicyclic) bond motifs is 2. The van der Waals surface area contributed by atoms with E-state index in [0.29, 0.717) is 40.5 Å². The molecule has 0 radical (unpaired) electrons. The van der Waals surface area contributed by atoms with Gasteiger partial charge in [0.25, 0.3) is 0 Å². The number of anilines is 1. The number of aromatic nitrogens is 4. The first-order chi connectivity index (χ1) is 12.5. The Kier molecular flexibility index (Phi) is 4.08. The van der Waals surface area contributed by atoms with E-state index in [-0.39, 0.29) is 0 Å². The van der Waals surface area contributed by atoms with Crippen molar-refractivity contribution in [3.63, 3.8) is 0 Å². The number of nitrogen functional groups attached to an aromatic ring is 1. The molecule has 0 unspecified atom stereocenters. The summed E-state index contributed by atoms with van der Waals surface area (Å²) in [5, 5.41) is 5.73.